The summed E-state index contributed by atoms with van der Waals surface area (Å²) >= 11 is 0. The Labute approximate surface area is 191 Å². The topological polar surface area (TPSA) is 99.3 Å². The number of phenols is 2. The number of hydrogen-bond donors (Lipinski definition) is 2. The number of nitrogens with zero attached hydrogens (tertiary/aromatic N) is 2. The molecule has 0 aliphatic rings. The van der Waals surface area contributed by atoms with Crippen LogP contribution in [-0.4, -0.2) is 31.1 Å². The van der Waals surface area contributed by atoms with Crippen molar-refractivity contribution in [2.45, 2.75) is 9.79 Å². The Morgan fingerprint density at radius 3 is 1.27 bits per heavy atom. The second kappa shape index (κ2) is 9.50. The van der Waals surface area contributed by atoms with Gasteiger partial charge in [0.1, 0.15) is 11.5 Å². The zero-order valence-electron chi connectivity index (χ0n) is 17.4. The molecule has 0 spiro atoms. The van der Waals surface area contributed by atoms with E-state index in [9.17, 15) is 18.6 Å². The van der Waals surface area contributed by atoms with Crippen molar-refractivity contribution >= 4 is 33.6 Å². The third-order valence-corrected chi connectivity index (χ3v) is 6.66. The number of rotatable bonds is 6. The molecular weight excluding hydrogens is 436 g/mol. The lowest BCUT2D eigenvalue weighted by molar-refractivity contribution is 0.474. The second-order valence-electron chi connectivity index (χ2n) is 7.13. The Morgan fingerprint density at radius 1 is 0.545 bits per heavy atom. The summed E-state index contributed by atoms with van der Waals surface area (Å²) in [5, 5.41) is 19.6. The SMILES string of the molecule is O=S(=O)(c1ccc(/N=C/c2ccccc2O)cc1)c1ccc(/N=C/c2ccccc2O)cc1. The lowest BCUT2D eigenvalue weighted by Crippen LogP contribution is -2.01. The summed E-state index contributed by atoms with van der Waals surface area (Å²) in [6, 6.07) is 26.0. The van der Waals surface area contributed by atoms with E-state index in [0.717, 1.165) is 0 Å². The maximum absolute atomic E-state index is 13.0. The maximum Gasteiger partial charge on any atom is 0.206 e. The molecule has 0 saturated heterocycles. The van der Waals surface area contributed by atoms with Crippen molar-refractivity contribution in [1.29, 1.82) is 0 Å². The predicted molar refractivity (Wildman–Crippen MR) is 129 cm³/mol. The molecule has 0 atom stereocenters. The minimum atomic E-state index is -3.70. The van der Waals surface area contributed by atoms with Gasteiger partial charge in [-0.2, -0.15) is 0 Å². The lowest BCUT2D eigenvalue weighted by atomic mass is 10.2. The predicted octanol–water partition coefficient (Wildman–Crippen LogP) is 5.43. The third kappa shape index (κ3) is 5.16. The smallest absolute Gasteiger partial charge is 0.206 e. The normalized spacial score (nSPS) is 11.9. The van der Waals surface area contributed by atoms with E-state index in [1.807, 2.05) is 0 Å². The summed E-state index contributed by atoms with van der Waals surface area (Å²) in [6.45, 7) is 0. The first-order chi connectivity index (χ1) is 15.9. The minimum absolute atomic E-state index is 0.119. The molecule has 4 aromatic rings. The summed E-state index contributed by atoms with van der Waals surface area (Å²) < 4.78 is 25.9. The Hall–Kier alpha value is -4.23. The van der Waals surface area contributed by atoms with Gasteiger partial charge in [0, 0.05) is 23.6 Å². The van der Waals surface area contributed by atoms with Crippen molar-refractivity contribution in [2.24, 2.45) is 9.98 Å². The number of sulfone groups is 1. The molecule has 6 nitrogen and oxygen atoms in total. The first-order valence-electron chi connectivity index (χ1n) is 10.0. The largest absolute Gasteiger partial charge is 0.507 e. The van der Waals surface area contributed by atoms with Gasteiger partial charge in [-0.1, -0.05) is 24.3 Å². The standard InChI is InChI=1S/C26H20N2O4S/c29-25-7-3-1-5-19(25)17-27-21-9-13-23(14-10-21)33(31,32)24-15-11-22(12-16-24)28-18-20-6-2-4-8-26(20)30/h1-18,29-30H/b27-17+,28-18+. The van der Waals surface area contributed by atoms with E-state index in [2.05, 4.69) is 9.98 Å². The van der Waals surface area contributed by atoms with Crippen molar-refractivity contribution in [3.05, 3.63) is 108 Å². The highest BCUT2D eigenvalue weighted by Gasteiger charge is 2.17. The van der Waals surface area contributed by atoms with Crippen LogP contribution in [0.3, 0.4) is 0 Å². The van der Waals surface area contributed by atoms with Gasteiger partial charge in [0.05, 0.1) is 21.2 Å². The Balaban J connectivity index is 1.50. The van der Waals surface area contributed by atoms with Gasteiger partial charge in [-0.25, -0.2) is 8.42 Å². The van der Waals surface area contributed by atoms with Crippen LogP contribution in [0.2, 0.25) is 0 Å². The van der Waals surface area contributed by atoms with Crippen LogP contribution in [0.5, 0.6) is 11.5 Å². The van der Waals surface area contributed by atoms with Gasteiger partial charge in [-0.3, -0.25) is 9.98 Å². The second-order valence-corrected chi connectivity index (χ2v) is 9.07. The molecule has 0 aliphatic heterocycles. The Bertz CT molecular complexity index is 1320. The Morgan fingerprint density at radius 2 is 0.909 bits per heavy atom. The molecule has 4 rings (SSSR count). The summed E-state index contributed by atoms with van der Waals surface area (Å²) in [7, 11) is -3.70. The van der Waals surface area contributed by atoms with Crippen molar-refractivity contribution in [1.82, 2.24) is 0 Å². The van der Waals surface area contributed by atoms with Crippen molar-refractivity contribution in [2.75, 3.05) is 0 Å². The van der Waals surface area contributed by atoms with Crippen molar-refractivity contribution in [3.8, 4) is 11.5 Å². The van der Waals surface area contributed by atoms with Crippen LogP contribution in [0.4, 0.5) is 11.4 Å². The molecule has 0 bridgehead atoms. The molecule has 33 heavy (non-hydrogen) atoms. The highest BCUT2D eigenvalue weighted by Crippen LogP contribution is 2.26. The van der Waals surface area contributed by atoms with E-state index < -0.39 is 9.84 Å². The van der Waals surface area contributed by atoms with Crippen molar-refractivity contribution < 1.29 is 18.6 Å². The van der Waals surface area contributed by atoms with Crippen LogP contribution in [0.15, 0.2) is 117 Å². The number of benzene rings is 4. The van der Waals surface area contributed by atoms with E-state index in [1.54, 1.807) is 72.8 Å². The Kier molecular flexibility index (Phi) is 6.33. The quantitative estimate of drug-likeness (QED) is 0.378. The van der Waals surface area contributed by atoms with Crippen LogP contribution in [0.25, 0.3) is 0 Å². The highest BCUT2D eigenvalue weighted by molar-refractivity contribution is 7.91. The number of hydrogen-bond acceptors (Lipinski definition) is 6. The molecule has 164 valence electrons. The zero-order chi connectivity index (χ0) is 23.3. The van der Waals surface area contributed by atoms with Crippen LogP contribution >= 0.6 is 0 Å². The molecule has 2 N–H and O–H groups in total. The first kappa shape index (κ1) is 22.0. The number of phenolic OH excluding ortho intramolecular Hbond substituents is 2. The van der Waals surface area contributed by atoms with E-state index in [1.165, 1.54) is 36.7 Å². The van der Waals surface area contributed by atoms with Crippen LogP contribution in [0, 0.1) is 0 Å². The molecule has 7 heteroatoms. The maximum atomic E-state index is 13.0. The molecule has 0 amide bonds. The van der Waals surface area contributed by atoms with Gasteiger partial charge in [0.15, 0.2) is 0 Å². The molecule has 0 radical (unpaired) electrons. The molecule has 0 heterocycles. The molecule has 0 unspecified atom stereocenters. The molecule has 0 fully saturated rings. The van der Waals surface area contributed by atoms with E-state index in [-0.39, 0.29) is 21.3 Å². The highest BCUT2D eigenvalue weighted by atomic mass is 32.2. The van der Waals surface area contributed by atoms with E-state index in [0.29, 0.717) is 22.5 Å². The molecule has 4 aromatic carbocycles. The van der Waals surface area contributed by atoms with E-state index >= 15 is 0 Å². The third-order valence-electron chi connectivity index (χ3n) is 4.87. The monoisotopic (exact) mass is 456 g/mol. The lowest BCUT2D eigenvalue weighted by Gasteiger charge is -2.05. The van der Waals surface area contributed by atoms with Crippen LogP contribution in [-0.2, 0) is 9.84 Å². The van der Waals surface area contributed by atoms with Gasteiger partial charge >= 0.3 is 0 Å². The first-order valence-corrected chi connectivity index (χ1v) is 11.5. The summed E-state index contributed by atoms with van der Waals surface area (Å²) in [5.41, 5.74) is 2.26. The minimum Gasteiger partial charge on any atom is -0.507 e. The summed E-state index contributed by atoms with van der Waals surface area (Å²) in [5.74, 6) is 0.239. The van der Waals surface area contributed by atoms with E-state index in [4.69, 9.17) is 0 Å². The van der Waals surface area contributed by atoms with Crippen LogP contribution in [0.1, 0.15) is 11.1 Å². The number of aromatic hydroxyl groups is 2. The fraction of sp³-hybridized carbons (Fsp3) is 0. The van der Waals surface area contributed by atoms with Crippen LogP contribution < -0.4 is 0 Å². The number of para-hydroxylation sites is 2. The molecule has 0 saturated carbocycles. The van der Waals surface area contributed by atoms with Gasteiger partial charge in [0.25, 0.3) is 0 Å². The molecular formula is C26H20N2O4S. The fourth-order valence-electron chi connectivity index (χ4n) is 3.04. The molecule has 0 aliphatic carbocycles. The van der Waals surface area contributed by atoms with Gasteiger partial charge < -0.3 is 10.2 Å². The summed E-state index contributed by atoms with van der Waals surface area (Å²) in [4.78, 5) is 8.86. The fourth-order valence-corrected chi connectivity index (χ4v) is 4.30. The summed E-state index contributed by atoms with van der Waals surface area (Å²) in [6.07, 6.45) is 3.04. The average Bonchev–Trinajstić information content (AvgIpc) is 2.83. The van der Waals surface area contributed by atoms with Gasteiger partial charge in [0.2, 0.25) is 9.84 Å². The molecule has 0 aromatic heterocycles. The zero-order valence-corrected chi connectivity index (χ0v) is 18.2. The van der Waals surface area contributed by atoms with Gasteiger partial charge in [-0.05, 0) is 72.8 Å². The van der Waals surface area contributed by atoms with Crippen molar-refractivity contribution in [3.63, 3.8) is 0 Å². The average molecular weight is 457 g/mol. The number of aliphatic imine (C=N–C) groups is 2. The van der Waals surface area contributed by atoms with Gasteiger partial charge in [-0.15, -0.1) is 0 Å².